The summed E-state index contributed by atoms with van der Waals surface area (Å²) in [5, 5.41) is 3.65. The number of rotatable bonds is 6. The number of carbonyl (C=O) groups excluding carboxylic acids is 2. The summed E-state index contributed by atoms with van der Waals surface area (Å²) in [4.78, 5) is 25.8. The van der Waals surface area contributed by atoms with E-state index in [4.69, 9.17) is 4.74 Å². The topological polar surface area (TPSA) is 67.4 Å². The number of fused-ring (bicyclic) bond motifs is 1. The molecule has 0 aliphatic heterocycles. The fourth-order valence-electron chi connectivity index (χ4n) is 2.92. The first-order chi connectivity index (χ1) is 11.1. The predicted octanol–water partition coefficient (Wildman–Crippen LogP) is 3.00. The van der Waals surface area contributed by atoms with Crippen LogP contribution in [-0.4, -0.2) is 30.8 Å². The van der Waals surface area contributed by atoms with Crippen LogP contribution in [0.3, 0.4) is 0 Å². The predicted molar refractivity (Wildman–Crippen MR) is 94.1 cm³/mol. The minimum absolute atomic E-state index is 0.0351. The molecule has 0 spiro atoms. The van der Waals surface area contributed by atoms with Gasteiger partial charge in [-0.05, 0) is 50.8 Å². The molecule has 1 unspecified atom stereocenters. The summed E-state index contributed by atoms with van der Waals surface area (Å²) >= 11 is 3.15. The zero-order valence-electron chi connectivity index (χ0n) is 13.4. The number of hydrogen-bond donors (Lipinski definition) is 2. The standard InChI is InChI=1S/C16H22N2O3S2/c1-3-21-16(20)13-11-8-10(18-22-2)6-7-12(11)23-15(13)17-14(19)9-4-5-9/h9-10,18H,3-8H2,1-2H3,(H,17,19). The smallest absolute Gasteiger partial charge is 0.341 e. The van der Waals surface area contributed by atoms with Gasteiger partial charge in [-0.3, -0.25) is 9.52 Å². The zero-order chi connectivity index (χ0) is 16.4. The molecule has 0 bridgehead atoms. The highest BCUT2D eigenvalue weighted by molar-refractivity contribution is 7.96. The van der Waals surface area contributed by atoms with Gasteiger partial charge in [0.05, 0.1) is 12.2 Å². The van der Waals surface area contributed by atoms with Crippen molar-refractivity contribution in [3.05, 3.63) is 16.0 Å². The van der Waals surface area contributed by atoms with E-state index >= 15 is 0 Å². The van der Waals surface area contributed by atoms with E-state index in [1.54, 1.807) is 30.2 Å². The molecule has 1 aromatic rings. The molecule has 1 amide bonds. The largest absolute Gasteiger partial charge is 0.462 e. The number of carbonyl (C=O) groups is 2. The van der Waals surface area contributed by atoms with E-state index in [0.717, 1.165) is 37.7 Å². The summed E-state index contributed by atoms with van der Waals surface area (Å²) in [5.74, 6) is -0.163. The number of ether oxygens (including phenoxy) is 1. The molecule has 1 atom stereocenters. The Morgan fingerprint density at radius 1 is 1.35 bits per heavy atom. The minimum atomic E-state index is -0.319. The fourth-order valence-corrected chi connectivity index (χ4v) is 4.69. The molecular formula is C16H22N2O3S2. The average molecular weight is 354 g/mol. The second-order valence-corrected chi connectivity index (χ2v) is 7.70. The Labute approximate surface area is 144 Å². The number of esters is 1. The van der Waals surface area contributed by atoms with Gasteiger partial charge < -0.3 is 10.1 Å². The van der Waals surface area contributed by atoms with Crippen molar-refractivity contribution in [3.8, 4) is 0 Å². The SMILES string of the molecule is CCOC(=O)c1c(NC(=O)C2CC2)sc2c1CC(NSC)CC2. The molecule has 0 saturated heterocycles. The number of nitrogens with one attached hydrogen (secondary N) is 2. The van der Waals surface area contributed by atoms with Gasteiger partial charge in [-0.2, -0.15) is 0 Å². The maximum Gasteiger partial charge on any atom is 0.341 e. The Hall–Kier alpha value is -1.05. The number of aryl methyl sites for hydroxylation is 1. The molecule has 1 aromatic heterocycles. The molecule has 0 aromatic carbocycles. The van der Waals surface area contributed by atoms with Crippen LogP contribution >= 0.6 is 23.3 Å². The van der Waals surface area contributed by atoms with Crippen LogP contribution in [0.5, 0.6) is 0 Å². The van der Waals surface area contributed by atoms with Crippen molar-refractivity contribution in [2.45, 2.75) is 45.1 Å². The van der Waals surface area contributed by atoms with Gasteiger partial charge in [0.15, 0.2) is 0 Å². The van der Waals surface area contributed by atoms with Crippen LogP contribution in [0.25, 0.3) is 0 Å². The van der Waals surface area contributed by atoms with Gasteiger partial charge in [0, 0.05) is 16.8 Å². The summed E-state index contributed by atoms with van der Waals surface area (Å²) in [6, 6.07) is 0.354. The lowest BCUT2D eigenvalue weighted by molar-refractivity contribution is -0.117. The van der Waals surface area contributed by atoms with Crippen molar-refractivity contribution in [2.75, 3.05) is 18.2 Å². The van der Waals surface area contributed by atoms with Crippen molar-refractivity contribution < 1.29 is 14.3 Å². The van der Waals surface area contributed by atoms with Crippen LogP contribution in [0.4, 0.5) is 5.00 Å². The number of anilines is 1. The average Bonchev–Trinajstić information content (AvgIpc) is 3.30. The summed E-state index contributed by atoms with van der Waals surface area (Å²) in [7, 11) is 0. The van der Waals surface area contributed by atoms with Crippen molar-refractivity contribution in [2.24, 2.45) is 5.92 Å². The molecule has 3 rings (SSSR count). The summed E-state index contributed by atoms with van der Waals surface area (Å²) in [5.41, 5.74) is 1.63. The second-order valence-electron chi connectivity index (χ2n) is 5.95. The van der Waals surface area contributed by atoms with Gasteiger partial charge in [-0.15, -0.1) is 11.3 Å². The number of thiophene rings is 1. The Morgan fingerprint density at radius 3 is 2.78 bits per heavy atom. The Morgan fingerprint density at radius 2 is 2.13 bits per heavy atom. The highest BCUT2D eigenvalue weighted by Gasteiger charge is 2.34. The quantitative estimate of drug-likeness (QED) is 0.607. The molecule has 1 fully saturated rings. The van der Waals surface area contributed by atoms with E-state index in [2.05, 4.69) is 10.0 Å². The molecule has 1 heterocycles. The van der Waals surface area contributed by atoms with Crippen molar-refractivity contribution in [1.29, 1.82) is 0 Å². The lowest BCUT2D eigenvalue weighted by Gasteiger charge is -2.22. The van der Waals surface area contributed by atoms with Crippen molar-refractivity contribution >= 4 is 40.2 Å². The normalized spacial score (nSPS) is 20.0. The minimum Gasteiger partial charge on any atom is -0.462 e. The highest BCUT2D eigenvalue weighted by Crippen LogP contribution is 2.40. The summed E-state index contributed by atoms with van der Waals surface area (Å²) in [6.07, 6.45) is 6.70. The lowest BCUT2D eigenvalue weighted by atomic mass is 9.92. The van der Waals surface area contributed by atoms with E-state index in [9.17, 15) is 9.59 Å². The van der Waals surface area contributed by atoms with Crippen LogP contribution in [0.1, 0.15) is 47.0 Å². The third-order valence-electron chi connectivity index (χ3n) is 4.21. The van der Waals surface area contributed by atoms with Gasteiger partial charge in [0.25, 0.3) is 0 Å². The van der Waals surface area contributed by atoms with Crippen LogP contribution in [0.2, 0.25) is 0 Å². The monoisotopic (exact) mass is 354 g/mol. The fraction of sp³-hybridized carbons (Fsp3) is 0.625. The highest BCUT2D eigenvalue weighted by atomic mass is 32.2. The molecule has 23 heavy (non-hydrogen) atoms. The van der Waals surface area contributed by atoms with E-state index in [1.807, 2.05) is 6.26 Å². The van der Waals surface area contributed by atoms with Crippen LogP contribution in [0.15, 0.2) is 0 Å². The first kappa shape index (κ1) is 16.8. The second kappa shape index (κ2) is 7.23. The van der Waals surface area contributed by atoms with Gasteiger partial charge >= 0.3 is 5.97 Å². The lowest BCUT2D eigenvalue weighted by Crippen LogP contribution is -2.30. The molecule has 2 aliphatic rings. The third kappa shape index (κ3) is 3.72. The first-order valence-electron chi connectivity index (χ1n) is 8.05. The van der Waals surface area contributed by atoms with Gasteiger partial charge in [0.2, 0.25) is 5.91 Å². The van der Waals surface area contributed by atoms with Gasteiger partial charge in [0.1, 0.15) is 5.00 Å². The molecule has 2 aliphatic carbocycles. The molecule has 2 N–H and O–H groups in total. The van der Waals surface area contributed by atoms with E-state index in [1.165, 1.54) is 4.88 Å². The summed E-state index contributed by atoms with van der Waals surface area (Å²) in [6.45, 7) is 2.14. The first-order valence-corrected chi connectivity index (χ1v) is 10.1. The Bertz CT molecular complexity index is 611. The van der Waals surface area contributed by atoms with Crippen LogP contribution in [0, 0.1) is 5.92 Å². The Balaban J connectivity index is 1.89. The van der Waals surface area contributed by atoms with Crippen LogP contribution < -0.4 is 10.0 Å². The maximum atomic E-state index is 12.4. The third-order valence-corrected chi connectivity index (χ3v) is 5.99. The number of hydrogen-bond acceptors (Lipinski definition) is 6. The maximum absolute atomic E-state index is 12.4. The molecule has 7 heteroatoms. The molecule has 126 valence electrons. The Kier molecular flexibility index (Phi) is 5.28. The van der Waals surface area contributed by atoms with Gasteiger partial charge in [-0.25, -0.2) is 4.79 Å². The van der Waals surface area contributed by atoms with E-state index < -0.39 is 0 Å². The molecule has 5 nitrogen and oxygen atoms in total. The van der Waals surface area contributed by atoms with Crippen LogP contribution in [-0.2, 0) is 22.4 Å². The van der Waals surface area contributed by atoms with E-state index in [0.29, 0.717) is 23.2 Å². The van der Waals surface area contributed by atoms with Crippen molar-refractivity contribution in [1.82, 2.24) is 4.72 Å². The van der Waals surface area contributed by atoms with Crippen molar-refractivity contribution in [3.63, 3.8) is 0 Å². The number of amides is 1. The molecule has 1 saturated carbocycles. The zero-order valence-corrected chi connectivity index (χ0v) is 15.1. The molecule has 0 radical (unpaired) electrons. The van der Waals surface area contributed by atoms with Gasteiger partial charge in [-0.1, -0.05) is 11.9 Å². The summed E-state index contributed by atoms with van der Waals surface area (Å²) < 4.78 is 8.62. The van der Waals surface area contributed by atoms with E-state index in [-0.39, 0.29) is 17.8 Å². The molecular weight excluding hydrogens is 332 g/mol.